The normalized spacial score (nSPS) is 11.4. The number of nitrogens with one attached hydrogen (secondary N) is 2. The van der Waals surface area contributed by atoms with Crippen LogP contribution in [0.3, 0.4) is 0 Å². The summed E-state index contributed by atoms with van der Waals surface area (Å²) >= 11 is 0. The topological polar surface area (TPSA) is 78.5 Å². The molecule has 0 bridgehead atoms. The molecule has 2 aromatic rings. The number of amides is 1. The van der Waals surface area contributed by atoms with E-state index in [1.807, 2.05) is 37.3 Å². The lowest BCUT2D eigenvalue weighted by Gasteiger charge is -2.15. The molecule has 25 heavy (non-hydrogen) atoms. The molecule has 0 aliphatic carbocycles. The zero-order valence-electron chi connectivity index (χ0n) is 14.6. The van der Waals surface area contributed by atoms with Gasteiger partial charge in [0.05, 0.1) is 11.4 Å². The zero-order chi connectivity index (χ0) is 18.4. The molecule has 2 aromatic carbocycles. The molecule has 0 aromatic heterocycles. The van der Waals surface area contributed by atoms with Crippen molar-refractivity contribution in [1.29, 1.82) is 0 Å². The molecule has 0 atom stereocenters. The molecule has 7 heteroatoms. The van der Waals surface area contributed by atoms with Gasteiger partial charge in [-0.05, 0) is 30.2 Å². The Morgan fingerprint density at radius 3 is 2.40 bits per heavy atom. The molecule has 6 nitrogen and oxygen atoms in total. The van der Waals surface area contributed by atoms with E-state index >= 15 is 0 Å². The van der Waals surface area contributed by atoms with Gasteiger partial charge in [0.25, 0.3) is 0 Å². The van der Waals surface area contributed by atoms with Crippen molar-refractivity contribution in [3.05, 3.63) is 59.7 Å². The highest BCUT2D eigenvalue weighted by molar-refractivity contribution is 7.89. The fraction of sp³-hybridized carbons (Fsp3) is 0.278. The summed E-state index contributed by atoms with van der Waals surface area (Å²) in [5.74, 6) is -0.163. The largest absolute Gasteiger partial charge is 0.376 e. The Labute approximate surface area is 148 Å². The number of sulfonamides is 1. The van der Waals surface area contributed by atoms with Gasteiger partial charge >= 0.3 is 0 Å². The van der Waals surface area contributed by atoms with Crippen LogP contribution in [0.2, 0.25) is 0 Å². The van der Waals surface area contributed by atoms with Crippen molar-refractivity contribution in [2.75, 3.05) is 26.0 Å². The average molecular weight is 361 g/mol. The van der Waals surface area contributed by atoms with Gasteiger partial charge in [0.2, 0.25) is 15.9 Å². The first kappa shape index (κ1) is 19.0. The summed E-state index contributed by atoms with van der Waals surface area (Å²) in [5.41, 5.74) is 2.51. The van der Waals surface area contributed by atoms with Crippen molar-refractivity contribution in [1.82, 2.24) is 9.62 Å². The molecule has 2 N–H and O–H groups in total. The first-order valence-corrected chi connectivity index (χ1v) is 9.32. The summed E-state index contributed by atoms with van der Waals surface area (Å²) in [5, 5.41) is 5.83. The van der Waals surface area contributed by atoms with Gasteiger partial charge in [0, 0.05) is 26.3 Å². The zero-order valence-corrected chi connectivity index (χ0v) is 15.4. The van der Waals surface area contributed by atoms with E-state index < -0.39 is 10.0 Å². The van der Waals surface area contributed by atoms with Crippen LogP contribution in [-0.2, 0) is 21.4 Å². The minimum Gasteiger partial charge on any atom is -0.376 e. The van der Waals surface area contributed by atoms with Crippen LogP contribution in [-0.4, -0.2) is 39.3 Å². The average Bonchev–Trinajstić information content (AvgIpc) is 2.59. The molecule has 0 unspecified atom stereocenters. The molecule has 0 aliphatic rings. The molecule has 0 aliphatic heterocycles. The van der Waals surface area contributed by atoms with Crippen molar-refractivity contribution in [2.24, 2.45) is 0 Å². The Morgan fingerprint density at radius 1 is 1.08 bits per heavy atom. The Kier molecular flexibility index (Phi) is 6.17. The number of carbonyl (C=O) groups excluding carboxylic acids is 1. The number of nitrogens with zero attached hydrogens (tertiary/aromatic N) is 1. The third-order valence-corrected chi connectivity index (χ3v) is 5.57. The van der Waals surface area contributed by atoms with Gasteiger partial charge in [-0.3, -0.25) is 4.79 Å². The van der Waals surface area contributed by atoms with E-state index in [-0.39, 0.29) is 17.3 Å². The summed E-state index contributed by atoms with van der Waals surface area (Å²) in [7, 11) is -0.537. The molecule has 2 rings (SSSR count). The molecule has 0 heterocycles. The number of hydrogen-bond donors (Lipinski definition) is 2. The Balaban J connectivity index is 1.99. The second kappa shape index (κ2) is 8.13. The van der Waals surface area contributed by atoms with E-state index in [9.17, 15) is 13.2 Å². The SMILES string of the molecule is Cc1ccc(S(=O)(=O)N(C)C)cc1NCC(=O)NCc1ccccc1. The van der Waals surface area contributed by atoms with Crippen LogP contribution in [0, 0.1) is 6.92 Å². The van der Waals surface area contributed by atoms with Gasteiger partial charge in [-0.25, -0.2) is 12.7 Å². The van der Waals surface area contributed by atoms with Gasteiger partial charge in [0.15, 0.2) is 0 Å². The number of rotatable bonds is 7. The first-order chi connectivity index (χ1) is 11.8. The number of anilines is 1. The maximum atomic E-state index is 12.2. The predicted octanol–water partition coefficient (Wildman–Crippen LogP) is 1.97. The highest BCUT2D eigenvalue weighted by atomic mass is 32.2. The third kappa shape index (κ3) is 5.04. The highest BCUT2D eigenvalue weighted by Crippen LogP contribution is 2.21. The van der Waals surface area contributed by atoms with Gasteiger partial charge < -0.3 is 10.6 Å². The summed E-state index contributed by atoms with van der Waals surface area (Å²) in [6.07, 6.45) is 0. The number of carbonyl (C=O) groups is 1. The lowest BCUT2D eigenvalue weighted by atomic mass is 10.2. The minimum absolute atomic E-state index is 0.0686. The van der Waals surface area contributed by atoms with Crippen LogP contribution >= 0.6 is 0 Å². The molecule has 0 saturated carbocycles. The Bertz CT molecular complexity index is 834. The van der Waals surface area contributed by atoms with Crippen molar-refractivity contribution in [2.45, 2.75) is 18.4 Å². The molecular formula is C18H23N3O3S. The summed E-state index contributed by atoms with van der Waals surface area (Å²) in [6.45, 7) is 2.38. The second-order valence-corrected chi connectivity index (χ2v) is 8.03. The van der Waals surface area contributed by atoms with Crippen LogP contribution in [0.5, 0.6) is 0 Å². The predicted molar refractivity (Wildman–Crippen MR) is 98.8 cm³/mol. The van der Waals surface area contributed by atoms with Crippen molar-refractivity contribution < 1.29 is 13.2 Å². The summed E-state index contributed by atoms with van der Waals surface area (Å²) < 4.78 is 25.6. The lowest BCUT2D eigenvalue weighted by molar-refractivity contribution is -0.119. The molecule has 0 spiro atoms. The molecule has 1 amide bonds. The third-order valence-electron chi connectivity index (χ3n) is 3.76. The molecule has 0 saturated heterocycles. The van der Waals surface area contributed by atoms with Gasteiger partial charge in [-0.15, -0.1) is 0 Å². The van der Waals surface area contributed by atoms with Gasteiger partial charge in [-0.2, -0.15) is 0 Å². The highest BCUT2D eigenvalue weighted by Gasteiger charge is 2.18. The Hall–Kier alpha value is -2.38. The van der Waals surface area contributed by atoms with E-state index in [4.69, 9.17) is 0 Å². The maximum Gasteiger partial charge on any atom is 0.242 e. The minimum atomic E-state index is -3.51. The summed E-state index contributed by atoms with van der Waals surface area (Å²) in [6, 6.07) is 14.5. The van der Waals surface area contributed by atoms with Crippen LogP contribution in [0.4, 0.5) is 5.69 Å². The van der Waals surface area contributed by atoms with Gasteiger partial charge in [-0.1, -0.05) is 36.4 Å². The smallest absolute Gasteiger partial charge is 0.242 e. The fourth-order valence-corrected chi connectivity index (χ4v) is 3.13. The maximum absolute atomic E-state index is 12.2. The van der Waals surface area contributed by atoms with Crippen molar-refractivity contribution in [3.63, 3.8) is 0 Å². The Morgan fingerprint density at radius 2 is 1.76 bits per heavy atom. The monoisotopic (exact) mass is 361 g/mol. The van der Waals surface area contributed by atoms with Crippen LogP contribution in [0.15, 0.2) is 53.4 Å². The lowest BCUT2D eigenvalue weighted by Crippen LogP contribution is -2.29. The van der Waals surface area contributed by atoms with Crippen LogP contribution < -0.4 is 10.6 Å². The van der Waals surface area contributed by atoms with E-state index in [1.165, 1.54) is 14.1 Å². The number of aryl methyl sites for hydroxylation is 1. The molecule has 0 fully saturated rings. The van der Waals surface area contributed by atoms with Gasteiger partial charge in [0.1, 0.15) is 0 Å². The molecule has 0 radical (unpaired) electrons. The quantitative estimate of drug-likeness (QED) is 0.790. The van der Waals surface area contributed by atoms with E-state index in [2.05, 4.69) is 10.6 Å². The molecular weight excluding hydrogens is 338 g/mol. The number of benzene rings is 2. The fourth-order valence-electron chi connectivity index (χ4n) is 2.20. The number of hydrogen-bond acceptors (Lipinski definition) is 4. The second-order valence-electron chi connectivity index (χ2n) is 5.88. The van der Waals surface area contributed by atoms with Crippen LogP contribution in [0.25, 0.3) is 0 Å². The standard InChI is InChI=1S/C18H23N3O3S/c1-14-9-10-16(25(23,24)21(2)3)11-17(14)19-13-18(22)20-12-15-7-5-4-6-8-15/h4-11,19H,12-13H2,1-3H3,(H,20,22). The first-order valence-electron chi connectivity index (χ1n) is 7.88. The summed E-state index contributed by atoms with van der Waals surface area (Å²) in [4.78, 5) is 12.2. The van der Waals surface area contributed by atoms with Crippen LogP contribution in [0.1, 0.15) is 11.1 Å². The van der Waals surface area contributed by atoms with Crippen molar-refractivity contribution >= 4 is 21.6 Å². The van der Waals surface area contributed by atoms with Crippen molar-refractivity contribution in [3.8, 4) is 0 Å². The van der Waals surface area contributed by atoms with E-state index in [0.29, 0.717) is 12.2 Å². The molecule has 134 valence electrons. The van der Waals surface area contributed by atoms with E-state index in [1.54, 1.807) is 18.2 Å². The van der Waals surface area contributed by atoms with E-state index in [0.717, 1.165) is 15.4 Å².